The molecule has 0 aliphatic heterocycles. The van der Waals surface area contributed by atoms with E-state index in [4.69, 9.17) is 5.11 Å². The van der Waals surface area contributed by atoms with Gasteiger partial charge in [-0.15, -0.1) is 0 Å². The quantitative estimate of drug-likeness (QED) is 0.803. The third-order valence-corrected chi connectivity index (χ3v) is 3.50. The first-order chi connectivity index (χ1) is 10.0. The Bertz CT molecular complexity index is 488. The summed E-state index contributed by atoms with van der Waals surface area (Å²) in [5, 5.41) is 11.8. The average Bonchev–Trinajstić information content (AvgIpc) is 2.52. The Labute approximate surface area is 126 Å². The molecular weight excluding hydrogens is 268 g/mol. The van der Waals surface area contributed by atoms with E-state index in [1.807, 2.05) is 13.8 Å². The zero-order chi connectivity index (χ0) is 15.8. The molecule has 116 valence electrons. The van der Waals surface area contributed by atoms with Crippen molar-refractivity contribution in [1.82, 2.24) is 10.2 Å². The van der Waals surface area contributed by atoms with Gasteiger partial charge in [0.05, 0.1) is 0 Å². The Morgan fingerprint density at radius 2 is 1.95 bits per heavy atom. The zero-order valence-corrected chi connectivity index (χ0v) is 12.9. The minimum Gasteiger partial charge on any atom is -0.396 e. The van der Waals surface area contributed by atoms with Crippen LogP contribution in [0.2, 0.25) is 0 Å². The fourth-order valence-corrected chi connectivity index (χ4v) is 1.96. The first kappa shape index (κ1) is 17.2. The van der Waals surface area contributed by atoms with Crippen LogP contribution in [0.15, 0.2) is 24.3 Å². The molecule has 1 atom stereocenters. The summed E-state index contributed by atoms with van der Waals surface area (Å²) in [7, 11) is 1.73. The van der Waals surface area contributed by atoms with Gasteiger partial charge in [-0.3, -0.25) is 9.59 Å². The van der Waals surface area contributed by atoms with Crippen molar-refractivity contribution >= 4 is 11.8 Å². The summed E-state index contributed by atoms with van der Waals surface area (Å²) in [6.45, 7) is 4.51. The smallest absolute Gasteiger partial charge is 0.253 e. The van der Waals surface area contributed by atoms with E-state index in [1.54, 1.807) is 36.2 Å². The molecule has 0 spiro atoms. The molecule has 5 nitrogen and oxygen atoms in total. The first-order valence-electron chi connectivity index (χ1n) is 7.30. The molecule has 0 fully saturated rings. The van der Waals surface area contributed by atoms with Crippen molar-refractivity contribution in [3.63, 3.8) is 0 Å². The van der Waals surface area contributed by atoms with E-state index in [0.717, 1.165) is 6.42 Å². The van der Waals surface area contributed by atoms with Crippen LogP contribution in [-0.4, -0.2) is 48.1 Å². The summed E-state index contributed by atoms with van der Waals surface area (Å²) in [5.41, 5.74) is 0.962. The van der Waals surface area contributed by atoms with Gasteiger partial charge in [0.25, 0.3) is 11.8 Å². The summed E-state index contributed by atoms with van der Waals surface area (Å²) in [5.74, 6) is -0.321. The van der Waals surface area contributed by atoms with Crippen molar-refractivity contribution < 1.29 is 14.7 Å². The van der Waals surface area contributed by atoms with Crippen molar-refractivity contribution in [3.8, 4) is 0 Å². The Kier molecular flexibility index (Phi) is 6.88. The highest BCUT2D eigenvalue weighted by molar-refractivity contribution is 5.99. The molecule has 2 amide bonds. The zero-order valence-electron chi connectivity index (χ0n) is 12.9. The van der Waals surface area contributed by atoms with Gasteiger partial charge in [0.15, 0.2) is 0 Å². The van der Waals surface area contributed by atoms with E-state index < -0.39 is 0 Å². The number of hydrogen-bond donors (Lipinski definition) is 2. The normalized spacial score (nSPS) is 11.8. The number of rotatable bonds is 7. The molecule has 0 aromatic heterocycles. The molecule has 5 heteroatoms. The van der Waals surface area contributed by atoms with Crippen LogP contribution >= 0.6 is 0 Å². The van der Waals surface area contributed by atoms with Gasteiger partial charge in [0.1, 0.15) is 0 Å². The van der Waals surface area contributed by atoms with Crippen LogP contribution in [-0.2, 0) is 0 Å². The van der Waals surface area contributed by atoms with Gasteiger partial charge in [-0.25, -0.2) is 0 Å². The van der Waals surface area contributed by atoms with Crippen molar-refractivity contribution in [1.29, 1.82) is 0 Å². The Morgan fingerprint density at radius 1 is 1.29 bits per heavy atom. The number of benzene rings is 1. The highest BCUT2D eigenvalue weighted by Gasteiger charge is 2.15. The Balaban J connectivity index is 2.84. The molecule has 0 heterocycles. The summed E-state index contributed by atoms with van der Waals surface area (Å²) in [6, 6.07) is 6.65. The fraction of sp³-hybridized carbons (Fsp3) is 0.500. The van der Waals surface area contributed by atoms with Gasteiger partial charge >= 0.3 is 0 Å². The predicted molar refractivity (Wildman–Crippen MR) is 82.3 cm³/mol. The third-order valence-electron chi connectivity index (χ3n) is 3.50. The number of aliphatic hydroxyl groups excluding tert-OH is 1. The van der Waals surface area contributed by atoms with E-state index in [0.29, 0.717) is 24.1 Å². The van der Waals surface area contributed by atoms with Crippen LogP contribution in [0.25, 0.3) is 0 Å². The molecule has 0 aliphatic carbocycles. The lowest BCUT2D eigenvalue weighted by molar-refractivity contribution is 0.0802. The van der Waals surface area contributed by atoms with E-state index >= 15 is 0 Å². The number of amides is 2. The van der Waals surface area contributed by atoms with E-state index in [-0.39, 0.29) is 24.5 Å². The third kappa shape index (κ3) is 4.86. The van der Waals surface area contributed by atoms with Gasteiger partial charge in [-0.2, -0.15) is 0 Å². The maximum absolute atomic E-state index is 12.2. The van der Waals surface area contributed by atoms with Gasteiger partial charge in [0.2, 0.25) is 0 Å². The fourth-order valence-electron chi connectivity index (χ4n) is 1.96. The molecular formula is C16H24N2O3. The van der Waals surface area contributed by atoms with E-state index in [9.17, 15) is 9.59 Å². The summed E-state index contributed by atoms with van der Waals surface area (Å²) in [4.78, 5) is 25.9. The van der Waals surface area contributed by atoms with E-state index in [1.165, 1.54) is 0 Å². The molecule has 1 rings (SSSR count). The number of carbonyl (C=O) groups excluding carboxylic acids is 2. The van der Waals surface area contributed by atoms with Crippen LogP contribution < -0.4 is 5.32 Å². The van der Waals surface area contributed by atoms with Gasteiger partial charge in [0, 0.05) is 37.4 Å². The lowest BCUT2D eigenvalue weighted by Crippen LogP contribution is -2.35. The highest BCUT2D eigenvalue weighted by Crippen LogP contribution is 2.09. The molecule has 1 aromatic carbocycles. The van der Waals surface area contributed by atoms with Gasteiger partial charge in [-0.05, 0) is 38.0 Å². The van der Waals surface area contributed by atoms with Crippen molar-refractivity contribution in [2.24, 2.45) is 0 Å². The average molecular weight is 292 g/mol. The summed E-state index contributed by atoms with van der Waals surface area (Å²) < 4.78 is 0. The molecule has 1 unspecified atom stereocenters. The summed E-state index contributed by atoms with van der Waals surface area (Å²) in [6.07, 6.45) is 1.28. The molecule has 0 aliphatic rings. The monoisotopic (exact) mass is 292 g/mol. The van der Waals surface area contributed by atoms with Crippen LogP contribution in [0.4, 0.5) is 0 Å². The Hall–Kier alpha value is -1.88. The maximum atomic E-state index is 12.2. The number of carbonyl (C=O) groups is 2. The molecule has 2 N–H and O–H groups in total. The minimum atomic E-state index is -0.218. The number of aliphatic hydroxyl groups is 1. The largest absolute Gasteiger partial charge is 0.396 e. The topological polar surface area (TPSA) is 69.6 Å². The molecule has 1 aromatic rings. The molecule has 0 saturated heterocycles. The molecule has 0 bridgehead atoms. The Morgan fingerprint density at radius 3 is 2.52 bits per heavy atom. The van der Waals surface area contributed by atoms with Crippen LogP contribution in [0.5, 0.6) is 0 Å². The molecule has 21 heavy (non-hydrogen) atoms. The molecule has 0 radical (unpaired) electrons. The first-order valence-corrected chi connectivity index (χ1v) is 7.30. The minimum absolute atomic E-state index is 0.0403. The van der Waals surface area contributed by atoms with Crippen LogP contribution in [0.1, 0.15) is 47.4 Å². The second-order valence-corrected chi connectivity index (χ2v) is 4.99. The number of nitrogens with one attached hydrogen (secondary N) is 1. The number of hydrogen-bond acceptors (Lipinski definition) is 3. The van der Waals surface area contributed by atoms with Crippen molar-refractivity contribution in [3.05, 3.63) is 35.4 Å². The van der Waals surface area contributed by atoms with Gasteiger partial charge < -0.3 is 15.3 Å². The van der Waals surface area contributed by atoms with Crippen molar-refractivity contribution in [2.45, 2.75) is 32.7 Å². The number of nitrogens with zero attached hydrogens (tertiary/aromatic N) is 1. The highest BCUT2D eigenvalue weighted by atomic mass is 16.3. The molecule has 0 saturated carbocycles. The SMILES string of the molecule is CCC(CCO)NC(=O)c1cccc(C(=O)N(C)CC)c1. The second-order valence-electron chi connectivity index (χ2n) is 4.99. The van der Waals surface area contributed by atoms with E-state index in [2.05, 4.69) is 5.32 Å². The van der Waals surface area contributed by atoms with Crippen LogP contribution in [0, 0.1) is 0 Å². The standard InChI is InChI=1S/C16H24N2O3/c1-4-14(9-10-19)17-15(20)12-7-6-8-13(11-12)16(21)18(3)5-2/h6-8,11,14,19H,4-5,9-10H2,1-3H3,(H,17,20). The maximum Gasteiger partial charge on any atom is 0.253 e. The lowest BCUT2D eigenvalue weighted by Gasteiger charge is -2.17. The predicted octanol–water partition coefficient (Wildman–Crippen LogP) is 1.67. The van der Waals surface area contributed by atoms with Crippen molar-refractivity contribution in [2.75, 3.05) is 20.2 Å². The van der Waals surface area contributed by atoms with Gasteiger partial charge in [-0.1, -0.05) is 13.0 Å². The second kappa shape index (κ2) is 8.42. The lowest BCUT2D eigenvalue weighted by atomic mass is 10.1. The van der Waals surface area contributed by atoms with Crippen LogP contribution in [0.3, 0.4) is 0 Å². The summed E-state index contributed by atoms with van der Waals surface area (Å²) >= 11 is 0.